The number of fused-ring (bicyclic) bond motifs is 1. The first-order chi connectivity index (χ1) is 7.44. The lowest BCUT2D eigenvalue weighted by atomic mass is 10.2. The largest absolute Gasteiger partial charge is 0.399 e. The highest BCUT2D eigenvalue weighted by Crippen LogP contribution is 2.16. The van der Waals surface area contributed by atoms with Gasteiger partial charge in [-0.25, -0.2) is 4.98 Å². The van der Waals surface area contributed by atoms with Gasteiger partial charge in [-0.1, -0.05) is 0 Å². The van der Waals surface area contributed by atoms with Crippen LogP contribution >= 0.6 is 0 Å². The third kappa shape index (κ3) is 2.52. The summed E-state index contributed by atoms with van der Waals surface area (Å²) in [6, 6.07) is 5.63. The molecule has 0 aliphatic heterocycles. The van der Waals surface area contributed by atoms with E-state index in [0.29, 0.717) is 6.61 Å². The molecule has 0 saturated carbocycles. The summed E-state index contributed by atoms with van der Waals surface area (Å²) in [6.45, 7) is 6.55. The Kier molecular flexibility index (Phi) is 2.59. The zero-order valence-corrected chi connectivity index (χ0v) is 9.87. The number of benzene rings is 1. The van der Waals surface area contributed by atoms with Gasteiger partial charge in [-0.05, 0) is 39.0 Å². The molecule has 4 heteroatoms. The molecule has 16 heavy (non-hydrogen) atoms. The number of aromatic nitrogens is 2. The highest BCUT2D eigenvalue weighted by molar-refractivity contribution is 5.78. The summed E-state index contributed by atoms with van der Waals surface area (Å²) in [4.78, 5) is 7.61. The first kappa shape index (κ1) is 11.0. The maximum absolute atomic E-state index is 5.70. The fraction of sp³-hybridized carbons (Fsp3) is 0.417. The molecule has 1 aromatic heterocycles. The van der Waals surface area contributed by atoms with Crippen molar-refractivity contribution >= 4 is 16.7 Å². The molecular formula is C12H17N3O. The molecule has 0 aliphatic rings. The average molecular weight is 219 g/mol. The van der Waals surface area contributed by atoms with Gasteiger partial charge in [0, 0.05) is 5.69 Å². The molecule has 0 amide bonds. The molecule has 0 atom stereocenters. The number of nitrogen functional groups attached to an aromatic ring is 1. The van der Waals surface area contributed by atoms with Crippen molar-refractivity contribution in [1.82, 2.24) is 9.97 Å². The van der Waals surface area contributed by atoms with Crippen LogP contribution in [0.25, 0.3) is 11.0 Å². The zero-order chi connectivity index (χ0) is 11.8. The third-order valence-electron chi connectivity index (χ3n) is 2.20. The minimum atomic E-state index is -0.155. The van der Waals surface area contributed by atoms with Crippen molar-refractivity contribution in [2.45, 2.75) is 33.0 Å². The predicted molar refractivity (Wildman–Crippen MR) is 65.0 cm³/mol. The molecule has 0 unspecified atom stereocenters. The maximum atomic E-state index is 5.70. The number of hydrogen-bond acceptors (Lipinski definition) is 3. The van der Waals surface area contributed by atoms with E-state index < -0.39 is 0 Å². The molecule has 0 bridgehead atoms. The van der Waals surface area contributed by atoms with Gasteiger partial charge in [-0.3, -0.25) is 0 Å². The molecule has 0 radical (unpaired) electrons. The summed E-state index contributed by atoms with van der Waals surface area (Å²) in [7, 11) is 0. The van der Waals surface area contributed by atoms with E-state index in [1.54, 1.807) is 0 Å². The zero-order valence-electron chi connectivity index (χ0n) is 9.87. The van der Waals surface area contributed by atoms with Crippen molar-refractivity contribution in [2.75, 3.05) is 5.73 Å². The Morgan fingerprint density at radius 3 is 2.81 bits per heavy atom. The van der Waals surface area contributed by atoms with E-state index in [-0.39, 0.29) is 5.60 Å². The molecule has 1 heterocycles. The molecule has 2 aromatic rings. The Hall–Kier alpha value is -1.55. The molecule has 0 saturated heterocycles. The lowest BCUT2D eigenvalue weighted by molar-refractivity contribution is -0.0177. The summed E-state index contributed by atoms with van der Waals surface area (Å²) >= 11 is 0. The van der Waals surface area contributed by atoms with Gasteiger partial charge in [0.05, 0.1) is 16.6 Å². The summed E-state index contributed by atoms with van der Waals surface area (Å²) in [5.41, 5.74) is 8.15. The van der Waals surface area contributed by atoms with Crippen LogP contribution < -0.4 is 5.73 Å². The van der Waals surface area contributed by atoms with Gasteiger partial charge in [-0.15, -0.1) is 0 Å². The maximum Gasteiger partial charge on any atom is 0.133 e. The van der Waals surface area contributed by atoms with Crippen molar-refractivity contribution in [3.63, 3.8) is 0 Å². The van der Waals surface area contributed by atoms with E-state index >= 15 is 0 Å². The van der Waals surface area contributed by atoms with Gasteiger partial charge in [0.25, 0.3) is 0 Å². The molecule has 1 aromatic carbocycles. The lowest BCUT2D eigenvalue weighted by Crippen LogP contribution is -2.19. The number of imidazole rings is 1. The smallest absolute Gasteiger partial charge is 0.133 e. The standard InChI is InChI=1S/C12H17N3O/c1-12(2,3)16-7-11-14-9-5-4-8(13)6-10(9)15-11/h4-6H,7,13H2,1-3H3,(H,14,15). The number of H-pyrrole nitrogens is 1. The van der Waals surface area contributed by atoms with E-state index in [0.717, 1.165) is 22.5 Å². The monoisotopic (exact) mass is 219 g/mol. The van der Waals surface area contributed by atoms with Crippen LogP contribution in [0, 0.1) is 0 Å². The van der Waals surface area contributed by atoms with Crippen LogP contribution in [0.2, 0.25) is 0 Å². The first-order valence-corrected chi connectivity index (χ1v) is 5.32. The summed E-state index contributed by atoms with van der Waals surface area (Å²) in [5, 5.41) is 0. The molecule has 0 aliphatic carbocycles. The number of aromatic amines is 1. The first-order valence-electron chi connectivity index (χ1n) is 5.32. The number of anilines is 1. The van der Waals surface area contributed by atoms with Gasteiger partial charge in [0.2, 0.25) is 0 Å². The van der Waals surface area contributed by atoms with Crippen molar-refractivity contribution in [3.8, 4) is 0 Å². The van der Waals surface area contributed by atoms with E-state index in [1.807, 2.05) is 39.0 Å². The third-order valence-corrected chi connectivity index (χ3v) is 2.20. The van der Waals surface area contributed by atoms with Gasteiger partial charge >= 0.3 is 0 Å². The van der Waals surface area contributed by atoms with Gasteiger partial charge in [0.15, 0.2) is 0 Å². The number of ether oxygens (including phenoxy) is 1. The molecule has 4 nitrogen and oxygen atoms in total. The highest BCUT2D eigenvalue weighted by atomic mass is 16.5. The Bertz CT molecular complexity index is 496. The van der Waals surface area contributed by atoms with Crippen LogP contribution in [-0.4, -0.2) is 15.6 Å². The van der Waals surface area contributed by atoms with Crippen molar-refractivity contribution < 1.29 is 4.74 Å². The van der Waals surface area contributed by atoms with Crippen LogP contribution in [0.5, 0.6) is 0 Å². The Balaban J connectivity index is 2.20. The number of nitrogens with two attached hydrogens (primary N) is 1. The quantitative estimate of drug-likeness (QED) is 0.762. The van der Waals surface area contributed by atoms with E-state index in [2.05, 4.69) is 9.97 Å². The molecular weight excluding hydrogens is 202 g/mol. The van der Waals surface area contributed by atoms with Crippen molar-refractivity contribution in [3.05, 3.63) is 24.0 Å². The Morgan fingerprint density at radius 2 is 2.12 bits per heavy atom. The highest BCUT2D eigenvalue weighted by Gasteiger charge is 2.11. The average Bonchev–Trinajstić information content (AvgIpc) is 2.55. The second-order valence-corrected chi connectivity index (χ2v) is 4.86. The van der Waals surface area contributed by atoms with Crippen LogP contribution in [0.1, 0.15) is 26.6 Å². The fourth-order valence-corrected chi connectivity index (χ4v) is 1.43. The normalized spacial score (nSPS) is 12.2. The molecule has 3 N–H and O–H groups in total. The summed E-state index contributed by atoms with van der Waals surface area (Å²) in [5.74, 6) is 0.829. The van der Waals surface area contributed by atoms with Gasteiger partial charge < -0.3 is 15.5 Å². The number of hydrogen-bond donors (Lipinski definition) is 2. The lowest BCUT2D eigenvalue weighted by Gasteiger charge is -2.18. The number of nitrogens with one attached hydrogen (secondary N) is 1. The second-order valence-electron chi connectivity index (χ2n) is 4.86. The summed E-state index contributed by atoms with van der Waals surface area (Å²) < 4.78 is 5.65. The fourth-order valence-electron chi connectivity index (χ4n) is 1.43. The SMILES string of the molecule is CC(C)(C)OCc1nc2ccc(N)cc2[nH]1. The molecule has 2 rings (SSSR count). The summed E-state index contributed by atoms with van der Waals surface area (Å²) in [6.07, 6.45) is 0. The van der Waals surface area contributed by atoms with E-state index in [4.69, 9.17) is 10.5 Å². The second kappa shape index (κ2) is 3.79. The Labute approximate surface area is 94.8 Å². The minimum Gasteiger partial charge on any atom is -0.399 e. The topological polar surface area (TPSA) is 63.9 Å². The molecule has 86 valence electrons. The molecule has 0 fully saturated rings. The predicted octanol–water partition coefficient (Wildman–Crippen LogP) is 2.46. The van der Waals surface area contributed by atoms with Crippen molar-refractivity contribution in [2.24, 2.45) is 0 Å². The molecule has 0 spiro atoms. The Morgan fingerprint density at radius 1 is 1.38 bits per heavy atom. The van der Waals surface area contributed by atoms with Gasteiger partial charge in [-0.2, -0.15) is 0 Å². The van der Waals surface area contributed by atoms with Crippen LogP contribution in [0.4, 0.5) is 5.69 Å². The van der Waals surface area contributed by atoms with Crippen LogP contribution in [-0.2, 0) is 11.3 Å². The number of nitrogens with zero attached hydrogens (tertiary/aromatic N) is 1. The van der Waals surface area contributed by atoms with Crippen molar-refractivity contribution in [1.29, 1.82) is 0 Å². The van der Waals surface area contributed by atoms with Gasteiger partial charge in [0.1, 0.15) is 12.4 Å². The van der Waals surface area contributed by atoms with E-state index in [9.17, 15) is 0 Å². The minimum absolute atomic E-state index is 0.155. The van der Waals surface area contributed by atoms with Crippen LogP contribution in [0.15, 0.2) is 18.2 Å². The van der Waals surface area contributed by atoms with Crippen LogP contribution in [0.3, 0.4) is 0 Å². The van der Waals surface area contributed by atoms with E-state index in [1.165, 1.54) is 0 Å². The number of rotatable bonds is 2.